The van der Waals surface area contributed by atoms with Crippen LogP contribution in [0.5, 0.6) is 11.5 Å². The molecule has 1 aromatic rings. The van der Waals surface area contributed by atoms with Gasteiger partial charge in [-0.05, 0) is 37.5 Å². The van der Waals surface area contributed by atoms with Crippen molar-refractivity contribution < 1.29 is 20.2 Å². The second-order valence-electron chi connectivity index (χ2n) is 7.44. The molecular weight excluding hydrogens is 378 g/mol. The van der Waals surface area contributed by atoms with E-state index >= 15 is 0 Å². The number of hydrogen-bond donors (Lipinski definition) is 5. The van der Waals surface area contributed by atoms with Crippen molar-refractivity contribution in [1.29, 1.82) is 0 Å². The fourth-order valence-corrected chi connectivity index (χ4v) is 3.86. The van der Waals surface area contributed by atoms with Crippen LogP contribution in [0.4, 0.5) is 0 Å². The molecule has 2 atom stereocenters. The third kappa shape index (κ3) is 5.12. The number of aliphatic hydroxyl groups excluding tert-OH is 1. The molecule has 1 aliphatic rings. The molecule has 1 aliphatic carbocycles. The average molecular weight is 410 g/mol. The molecule has 1 aromatic carbocycles. The number of thiocarbonyl (C=S) groups is 1. The lowest BCUT2D eigenvalue weighted by atomic mass is 9.67. The molecule has 0 aromatic heterocycles. The highest BCUT2D eigenvalue weighted by molar-refractivity contribution is 7.80. The number of aliphatic hydroxyl groups is 1. The van der Waals surface area contributed by atoms with Gasteiger partial charge in [-0.3, -0.25) is 0 Å². The van der Waals surface area contributed by atoms with Crippen LogP contribution in [-0.2, 0) is 10.3 Å². The quantitative estimate of drug-likeness (QED) is 0.255. The molecule has 28 heavy (non-hydrogen) atoms. The molecule has 8 heteroatoms. The number of nitrogens with one attached hydrogen (secondary N) is 2. The van der Waals surface area contributed by atoms with Crippen LogP contribution in [0.15, 0.2) is 23.4 Å². The maximum atomic E-state index is 10.5. The van der Waals surface area contributed by atoms with Crippen molar-refractivity contribution in [2.45, 2.75) is 57.1 Å². The van der Waals surface area contributed by atoms with E-state index in [2.05, 4.69) is 15.8 Å². The molecule has 0 amide bonds. The van der Waals surface area contributed by atoms with Gasteiger partial charge in [0.1, 0.15) is 24.2 Å². The van der Waals surface area contributed by atoms with Gasteiger partial charge >= 0.3 is 0 Å². The number of rotatable bonds is 8. The van der Waals surface area contributed by atoms with Crippen LogP contribution in [0, 0.1) is 0 Å². The topological polar surface area (TPSA) is 106 Å². The van der Waals surface area contributed by atoms with Gasteiger partial charge in [0.2, 0.25) is 0 Å². The molecule has 0 spiro atoms. The Labute approximate surface area is 171 Å². The van der Waals surface area contributed by atoms with E-state index < -0.39 is 11.5 Å². The van der Waals surface area contributed by atoms with Crippen LogP contribution < -0.4 is 10.6 Å². The van der Waals surface area contributed by atoms with E-state index in [1.165, 1.54) is 18.2 Å². The minimum Gasteiger partial charge on any atom is -0.508 e. The van der Waals surface area contributed by atoms with Gasteiger partial charge in [-0.25, -0.2) is 0 Å². The number of phenolic OH excluding ortho intramolecular Hbond substituents is 2. The predicted octanol–water partition coefficient (Wildman–Crippen LogP) is 2.19. The van der Waals surface area contributed by atoms with Gasteiger partial charge in [-0.15, -0.1) is 0 Å². The summed E-state index contributed by atoms with van der Waals surface area (Å²) in [6.45, 7) is 4.48. The minimum atomic E-state index is -0.855. The summed E-state index contributed by atoms with van der Waals surface area (Å²) in [5, 5.41) is 41.0. The summed E-state index contributed by atoms with van der Waals surface area (Å²) in [5.74, 6) is 0.0956. The molecule has 0 saturated heterocycles. The fourth-order valence-electron chi connectivity index (χ4n) is 3.53. The Balaban J connectivity index is 2.31. The number of likely N-dealkylation sites (N-methyl/N-ethyl adjacent to an activating group) is 1. The highest BCUT2D eigenvalue weighted by Gasteiger charge is 2.45. The Bertz CT molecular complexity index is 711. The maximum absolute atomic E-state index is 10.5. The van der Waals surface area contributed by atoms with Crippen molar-refractivity contribution in [3.05, 3.63) is 23.8 Å². The monoisotopic (exact) mass is 409 g/mol. The Morgan fingerprint density at radius 3 is 2.75 bits per heavy atom. The fraction of sp³-hybridized carbons (Fsp3) is 0.600. The van der Waals surface area contributed by atoms with Crippen LogP contribution >= 0.6 is 12.2 Å². The molecule has 0 bridgehead atoms. The summed E-state index contributed by atoms with van der Waals surface area (Å²) in [6, 6.07) is 4.69. The molecule has 0 heterocycles. The Morgan fingerprint density at radius 2 is 2.07 bits per heavy atom. The van der Waals surface area contributed by atoms with Crippen molar-refractivity contribution in [3.63, 3.8) is 0 Å². The van der Waals surface area contributed by atoms with Gasteiger partial charge in [-0.2, -0.15) is 0 Å². The van der Waals surface area contributed by atoms with Crippen LogP contribution in [0.1, 0.15) is 45.1 Å². The highest BCUT2D eigenvalue weighted by atomic mass is 32.1. The highest BCUT2D eigenvalue weighted by Crippen LogP contribution is 2.43. The van der Waals surface area contributed by atoms with E-state index in [4.69, 9.17) is 17.1 Å². The zero-order valence-corrected chi connectivity index (χ0v) is 17.6. The number of benzene rings is 1. The molecule has 0 radical (unpaired) electrons. The SMILES string of the molecule is CNC(=S)C1(c2cc(O)ccc2O)CCCCC1=NOCC(O)CNC(C)C. The average Bonchev–Trinajstić information content (AvgIpc) is 2.68. The number of nitrogens with zero attached hydrogens (tertiary/aromatic N) is 1. The van der Waals surface area contributed by atoms with E-state index in [0.717, 1.165) is 12.8 Å². The van der Waals surface area contributed by atoms with Crippen molar-refractivity contribution in [2.75, 3.05) is 20.2 Å². The first kappa shape index (κ1) is 22.4. The van der Waals surface area contributed by atoms with Gasteiger partial charge in [0, 0.05) is 25.2 Å². The zero-order valence-electron chi connectivity index (χ0n) is 16.7. The number of hydrogen-bond acceptors (Lipinski definition) is 7. The lowest BCUT2D eigenvalue weighted by molar-refractivity contribution is 0.0383. The first-order chi connectivity index (χ1) is 13.3. The van der Waals surface area contributed by atoms with Gasteiger partial charge in [0.25, 0.3) is 0 Å². The molecule has 7 nitrogen and oxygen atoms in total. The Morgan fingerprint density at radius 1 is 1.32 bits per heavy atom. The van der Waals surface area contributed by atoms with Crippen LogP contribution in [0.3, 0.4) is 0 Å². The molecule has 156 valence electrons. The van der Waals surface area contributed by atoms with Crippen LogP contribution in [0.25, 0.3) is 0 Å². The Kier molecular flexibility index (Phi) is 8.03. The first-order valence-electron chi connectivity index (χ1n) is 9.66. The van der Waals surface area contributed by atoms with Crippen LogP contribution in [-0.4, -0.2) is 58.4 Å². The molecule has 0 aliphatic heterocycles. The van der Waals surface area contributed by atoms with Gasteiger partial charge in [0.05, 0.1) is 16.1 Å². The number of phenols is 2. The van der Waals surface area contributed by atoms with Crippen molar-refractivity contribution in [2.24, 2.45) is 5.16 Å². The summed E-state index contributed by atoms with van der Waals surface area (Å²) in [6.07, 6.45) is 2.43. The van der Waals surface area contributed by atoms with Crippen molar-refractivity contribution in [3.8, 4) is 11.5 Å². The molecule has 5 N–H and O–H groups in total. The molecule has 1 fully saturated rings. The summed E-state index contributed by atoms with van der Waals surface area (Å²) in [7, 11) is 1.73. The van der Waals surface area contributed by atoms with Gasteiger partial charge < -0.3 is 30.8 Å². The van der Waals surface area contributed by atoms with E-state index in [-0.39, 0.29) is 24.1 Å². The Hall–Kier alpha value is -1.90. The van der Waals surface area contributed by atoms with E-state index in [0.29, 0.717) is 35.7 Å². The lowest BCUT2D eigenvalue weighted by Crippen LogP contribution is -2.50. The minimum absolute atomic E-state index is 0.0474. The van der Waals surface area contributed by atoms with Crippen molar-refractivity contribution >= 4 is 22.9 Å². The van der Waals surface area contributed by atoms with E-state index in [1.54, 1.807) is 7.05 Å². The normalized spacial score (nSPS) is 22.2. The second kappa shape index (κ2) is 10.0. The standard InChI is InChI=1S/C20H31N3O4S/c1-13(2)22-11-15(25)12-27-23-18-6-4-5-9-20(18,19(28)21-3)16-10-14(24)7-8-17(16)26/h7-8,10,13,15,22,24-26H,4-6,9,11-12H2,1-3H3,(H,21,28). The molecule has 2 unspecified atom stereocenters. The van der Waals surface area contributed by atoms with Crippen LogP contribution in [0.2, 0.25) is 0 Å². The summed E-state index contributed by atoms with van der Waals surface area (Å²) < 4.78 is 0. The number of aromatic hydroxyl groups is 2. The largest absolute Gasteiger partial charge is 0.508 e. The van der Waals surface area contributed by atoms with E-state index in [9.17, 15) is 15.3 Å². The van der Waals surface area contributed by atoms with Gasteiger partial charge in [-0.1, -0.05) is 37.6 Å². The smallest absolute Gasteiger partial charge is 0.144 e. The molecular formula is C20H31N3O4S. The second-order valence-corrected chi connectivity index (χ2v) is 7.85. The summed E-state index contributed by atoms with van der Waals surface area (Å²) in [4.78, 5) is 5.99. The molecule has 1 saturated carbocycles. The summed E-state index contributed by atoms with van der Waals surface area (Å²) in [5.41, 5.74) is 0.339. The maximum Gasteiger partial charge on any atom is 0.144 e. The van der Waals surface area contributed by atoms with Crippen molar-refractivity contribution in [1.82, 2.24) is 10.6 Å². The summed E-state index contributed by atoms with van der Waals surface area (Å²) >= 11 is 5.62. The lowest BCUT2D eigenvalue weighted by Gasteiger charge is -2.39. The predicted molar refractivity (Wildman–Crippen MR) is 114 cm³/mol. The third-order valence-electron chi connectivity index (χ3n) is 4.97. The zero-order chi connectivity index (χ0) is 20.7. The third-order valence-corrected chi connectivity index (χ3v) is 5.52. The first-order valence-corrected chi connectivity index (χ1v) is 10.1. The van der Waals surface area contributed by atoms with Gasteiger partial charge in [0.15, 0.2) is 0 Å². The van der Waals surface area contributed by atoms with E-state index in [1.807, 2.05) is 13.8 Å². The number of oxime groups is 1. The molecule has 2 rings (SSSR count).